The summed E-state index contributed by atoms with van der Waals surface area (Å²) in [5.74, 6) is -1.00. The molecule has 0 heterocycles. The summed E-state index contributed by atoms with van der Waals surface area (Å²) in [6, 6.07) is 0. The molecule has 0 aromatic rings. The van der Waals surface area contributed by atoms with Gasteiger partial charge >= 0.3 is 11.9 Å². The van der Waals surface area contributed by atoms with Gasteiger partial charge in [-0.1, -0.05) is 0 Å². The van der Waals surface area contributed by atoms with Crippen LogP contribution in [0.1, 0.15) is 12.8 Å². The molecule has 0 aliphatic heterocycles. The average Bonchev–Trinajstić information content (AvgIpc) is 2.79. The molecule has 0 fully saturated rings. The summed E-state index contributed by atoms with van der Waals surface area (Å²) in [5, 5.41) is 17.1. The van der Waals surface area contributed by atoms with Crippen LogP contribution in [0.15, 0.2) is 0 Å². The third-order valence-electron chi connectivity index (χ3n) is 3.47. The van der Waals surface area contributed by atoms with Gasteiger partial charge in [-0.15, -0.1) is 0 Å². The SMILES string of the molecule is O=C(CCC(=O)OCCOCCOCCOCCO)OCCOCCOCCOCCO. The van der Waals surface area contributed by atoms with Crippen molar-refractivity contribution in [1.29, 1.82) is 0 Å². The summed E-state index contributed by atoms with van der Waals surface area (Å²) < 4.78 is 40.9. The number of carbonyl (C=O) groups excluding carboxylic acids is 2. The van der Waals surface area contributed by atoms with Crippen LogP contribution in [0.4, 0.5) is 0 Å². The Morgan fingerprint density at radius 2 is 0.656 bits per heavy atom. The fourth-order valence-corrected chi connectivity index (χ4v) is 1.99. The molecule has 2 N–H and O–H groups in total. The Bertz CT molecular complexity index is 383. The van der Waals surface area contributed by atoms with Crippen molar-refractivity contribution in [3.05, 3.63) is 0 Å². The molecule has 0 spiro atoms. The summed E-state index contributed by atoms with van der Waals surface area (Å²) in [4.78, 5) is 23.1. The number of ether oxygens (including phenoxy) is 8. The van der Waals surface area contributed by atoms with E-state index in [0.717, 1.165) is 0 Å². The lowest BCUT2D eigenvalue weighted by atomic mass is 10.3. The van der Waals surface area contributed by atoms with E-state index in [2.05, 4.69) is 0 Å². The quantitative estimate of drug-likeness (QED) is 0.124. The van der Waals surface area contributed by atoms with Crippen LogP contribution in [0.25, 0.3) is 0 Å². The Morgan fingerprint density at radius 3 is 0.938 bits per heavy atom. The van der Waals surface area contributed by atoms with E-state index in [1.54, 1.807) is 0 Å². The van der Waals surface area contributed by atoms with Crippen molar-refractivity contribution in [2.75, 3.05) is 106 Å². The summed E-state index contributed by atoms with van der Waals surface area (Å²) >= 11 is 0. The predicted octanol–water partition coefficient (Wildman–Crippen LogP) is -1.06. The molecule has 0 atom stereocenters. The van der Waals surface area contributed by atoms with Crippen LogP contribution in [0.2, 0.25) is 0 Å². The van der Waals surface area contributed by atoms with Crippen molar-refractivity contribution in [3.63, 3.8) is 0 Å². The van der Waals surface area contributed by atoms with Crippen LogP contribution in [0.3, 0.4) is 0 Å². The van der Waals surface area contributed by atoms with Gasteiger partial charge in [-0.3, -0.25) is 9.59 Å². The van der Waals surface area contributed by atoms with Gasteiger partial charge in [0.2, 0.25) is 0 Å². The number of aliphatic hydroxyl groups excluding tert-OH is 2. The summed E-state index contributed by atoms with van der Waals surface area (Å²) in [5.41, 5.74) is 0. The van der Waals surface area contributed by atoms with Gasteiger partial charge in [0, 0.05) is 0 Å². The Labute approximate surface area is 188 Å². The normalized spacial score (nSPS) is 10.9. The van der Waals surface area contributed by atoms with Gasteiger partial charge in [-0.25, -0.2) is 0 Å². The van der Waals surface area contributed by atoms with Crippen molar-refractivity contribution >= 4 is 11.9 Å². The first-order chi connectivity index (χ1) is 15.7. The summed E-state index contributed by atoms with van der Waals surface area (Å²) in [6.45, 7) is 4.35. The monoisotopic (exact) mass is 470 g/mol. The zero-order valence-electron chi connectivity index (χ0n) is 18.7. The zero-order chi connectivity index (χ0) is 23.5. The third kappa shape index (κ3) is 24.9. The zero-order valence-corrected chi connectivity index (χ0v) is 18.7. The number of carbonyl (C=O) groups is 2. The molecule has 0 aromatic heterocycles. The molecule has 0 rings (SSSR count). The van der Waals surface area contributed by atoms with Gasteiger partial charge in [-0.2, -0.15) is 0 Å². The van der Waals surface area contributed by atoms with E-state index in [4.69, 9.17) is 48.1 Å². The largest absolute Gasteiger partial charge is 0.463 e. The van der Waals surface area contributed by atoms with Crippen molar-refractivity contribution in [2.45, 2.75) is 12.8 Å². The lowest BCUT2D eigenvalue weighted by molar-refractivity contribution is -0.152. The van der Waals surface area contributed by atoms with Crippen LogP contribution < -0.4 is 0 Å². The Kier molecular flexibility index (Phi) is 24.8. The predicted molar refractivity (Wildman–Crippen MR) is 110 cm³/mol. The first-order valence-corrected chi connectivity index (χ1v) is 10.7. The first-order valence-electron chi connectivity index (χ1n) is 10.7. The van der Waals surface area contributed by atoms with Crippen LogP contribution in [-0.4, -0.2) is 128 Å². The fourth-order valence-electron chi connectivity index (χ4n) is 1.99. The second-order valence-corrected chi connectivity index (χ2v) is 6.06. The van der Waals surface area contributed by atoms with Crippen LogP contribution in [-0.2, 0) is 47.5 Å². The van der Waals surface area contributed by atoms with Crippen molar-refractivity contribution in [2.24, 2.45) is 0 Å². The van der Waals surface area contributed by atoms with E-state index in [1.807, 2.05) is 0 Å². The number of hydrogen-bond acceptors (Lipinski definition) is 12. The van der Waals surface area contributed by atoms with E-state index >= 15 is 0 Å². The number of rotatable bonds is 25. The Hall–Kier alpha value is -1.38. The maximum absolute atomic E-state index is 11.6. The lowest BCUT2D eigenvalue weighted by Gasteiger charge is -2.08. The molecule has 0 aromatic carbocycles. The standard InChI is InChI=1S/C20H38O12/c21-3-5-25-7-9-27-11-13-29-15-17-31-19(23)1-2-20(24)32-18-16-30-14-12-28-10-8-26-6-4-22/h21-22H,1-18H2. The molecule has 0 radical (unpaired) electrons. The van der Waals surface area contributed by atoms with Crippen molar-refractivity contribution in [1.82, 2.24) is 0 Å². The van der Waals surface area contributed by atoms with Crippen molar-refractivity contribution in [3.8, 4) is 0 Å². The summed E-state index contributed by atoms with van der Waals surface area (Å²) in [6.07, 6.45) is -0.133. The second kappa shape index (κ2) is 25.9. The molecule has 0 saturated carbocycles. The van der Waals surface area contributed by atoms with Crippen LogP contribution in [0.5, 0.6) is 0 Å². The summed E-state index contributed by atoms with van der Waals surface area (Å²) in [7, 11) is 0. The molecule has 12 heteroatoms. The Balaban J connectivity index is 3.30. The molecular weight excluding hydrogens is 432 g/mol. The number of esters is 2. The highest BCUT2D eigenvalue weighted by molar-refractivity contribution is 5.77. The minimum absolute atomic E-state index is 0.0141. The third-order valence-corrected chi connectivity index (χ3v) is 3.47. The first kappa shape index (κ1) is 30.6. The maximum atomic E-state index is 11.6. The number of hydrogen-bond donors (Lipinski definition) is 2. The minimum atomic E-state index is -0.501. The number of aliphatic hydroxyl groups is 2. The van der Waals surface area contributed by atoms with Gasteiger partial charge in [0.05, 0.1) is 105 Å². The van der Waals surface area contributed by atoms with Crippen molar-refractivity contribution < 1.29 is 57.7 Å². The second-order valence-electron chi connectivity index (χ2n) is 6.06. The molecule has 32 heavy (non-hydrogen) atoms. The molecule has 0 saturated heterocycles. The van der Waals surface area contributed by atoms with Crippen LogP contribution >= 0.6 is 0 Å². The molecule has 0 aliphatic rings. The topological polar surface area (TPSA) is 148 Å². The molecule has 0 amide bonds. The highest BCUT2D eigenvalue weighted by Crippen LogP contribution is 1.96. The smallest absolute Gasteiger partial charge is 0.306 e. The lowest BCUT2D eigenvalue weighted by Crippen LogP contribution is -2.16. The van der Waals surface area contributed by atoms with Gasteiger partial charge in [-0.05, 0) is 0 Å². The highest BCUT2D eigenvalue weighted by Gasteiger charge is 2.09. The van der Waals surface area contributed by atoms with E-state index in [1.165, 1.54) is 0 Å². The minimum Gasteiger partial charge on any atom is -0.463 e. The van der Waals surface area contributed by atoms with E-state index in [0.29, 0.717) is 52.9 Å². The average molecular weight is 471 g/mol. The Morgan fingerprint density at radius 1 is 0.406 bits per heavy atom. The van der Waals surface area contributed by atoms with Gasteiger partial charge in [0.25, 0.3) is 0 Å². The van der Waals surface area contributed by atoms with E-state index in [-0.39, 0.29) is 65.7 Å². The molecule has 0 unspecified atom stereocenters. The molecule has 12 nitrogen and oxygen atoms in total. The maximum Gasteiger partial charge on any atom is 0.306 e. The van der Waals surface area contributed by atoms with E-state index < -0.39 is 11.9 Å². The van der Waals surface area contributed by atoms with Gasteiger partial charge in [0.15, 0.2) is 0 Å². The van der Waals surface area contributed by atoms with Gasteiger partial charge in [0.1, 0.15) is 13.2 Å². The molecule has 190 valence electrons. The molecule has 0 aliphatic carbocycles. The van der Waals surface area contributed by atoms with Gasteiger partial charge < -0.3 is 48.1 Å². The fraction of sp³-hybridized carbons (Fsp3) is 0.900. The molecular formula is C20H38O12. The highest BCUT2D eigenvalue weighted by atomic mass is 16.6. The molecule has 0 bridgehead atoms. The van der Waals surface area contributed by atoms with Crippen LogP contribution in [0, 0.1) is 0 Å². The van der Waals surface area contributed by atoms with E-state index in [9.17, 15) is 9.59 Å².